The second-order valence-electron chi connectivity index (χ2n) is 8.89. The van der Waals surface area contributed by atoms with Gasteiger partial charge in [-0.15, -0.1) is 5.06 Å². The highest BCUT2D eigenvalue weighted by molar-refractivity contribution is 7.89. The Bertz CT molecular complexity index is 1030. The van der Waals surface area contributed by atoms with E-state index in [-0.39, 0.29) is 42.7 Å². The number of carbonyl (C=O) groups excluding carboxylic acids is 4. The second-order valence-corrected chi connectivity index (χ2v) is 10.6. The van der Waals surface area contributed by atoms with Crippen molar-refractivity contribution in [2.75, 3.05) is 13.1 Å². The van der Waals surface area contributed by atoms with Crippen molar-refractivity contribution in [3.8, 4) is 0 Å². The number of hydrogen-bond donors (Lipinski definition) is 1. The predicted octanol–water partition coefficient (Wildman–Crippen LogP) is 1.53. The molecular weight excluding hydrogens is 462 g/mol. The first-order chi connectivity index (χ1) is 16.0. The summed E-state index contributed by atoms with van der Waals surface area (Å²) in [6.45, 7) is 6.03. The number of aryl methyl sites for hydroxylation is 1. The number of rotatable bonds is 8. The van der Waals surface area contributed by atoms with Crippen molar-refractivity contribution in [3.63, 3.8) is 0 Å². The van der Waals surface area contributed by atoms with Gasteiger partial charge in [-0.3, -0.25) is 14.4 Å². The van der Waals surface area contributed by atoms with Gasteiger partial charge in [-0.1, -0.05) is 38.0 Å². The lowest BCUT2D eigenvalue weighted by atomic mass is 9.94. The summed E-state index contributed by atoms with van der Waals surface area (Å²) in [5.74, 6) is -2.90. The number of sulfonamides is 1. The molecule has 3 rings (SSSR count). The Balaban J connectivity index is 1.63. The molecule has 3 amide bonds. The molecule has 1 aromatic rings. The maximum atomic E-state index is 13.3. The molecule has 2 aliphatic rings. The third kappa shape index (κ3) is 5.82. The van der Waals surface area contributed by atoms with Crippen LogP contribution < -0.4 is 4.72 Å². The van der Waals surface area contributed by atoms with Crippen molar-refractivity contribution >= 4 is 33.7 Å². The number of carbonyl (C=O) groups is 4. The van der Waals surface area contributed by atoms with Gasteiger partial charge in [-0.25, -0.2) is 13.2 Å². The molecule has 2 aliphatic heterocycles. The minimum Gasteiger partial charge on any atom is -0.341 e. The highest BCUT2D eigenvalue weighted by Gasteiger charge is 2.38. The van der Waals surface area contributed by atoms with Crippen LogP contribution >= 0.6 is 0 Å². The Morgan fingerprint density at radius 3 is 2.18 bits per heavy atom. The lowest BCUT2D eigenvalue weighted by Crippen LogP contribution is -2.53. The first-order valence-electron chi connectivity index (χ1n) is 11.5. The van der Waals surface area contributed by atoms with Crippen LogP contribution in [0.5, 0.6) is 0 Å². The molecule has 0 saturated carbocycles. The summed E-state index contributed by atoms with van der Waals surface area (Å²) in [5, 5.41) is 0.526. The molecule has 0 bridgehead atoms. The van der Waals surface area contributed by atoms with Crippen molar-refractivity contribution in [2.24, 2.45) is 11.8 Å². The molecule has 2 unspecified atom stereocenters. The summed E-state index contributed by atoms with van der Waals surface area (Å²) >= 11 is 0. The average molecular weight is 494 g/mol. The van der Waals surface area contributed by atoms with Gasteiger partial charge in [-0.05, 0) is 37.8 Å². The summed E-state index contributed by atoms with van der Waals surface area (Å²) < 4.78 is 28.4. The zero-order valence-electron chi connectivity index (χ0n) is 19.7. The standard InChI is InChI=1S/C23H31N3O7S/c1-4-16(3)21(24-34(31,32)18-7-5-15(2)6-8-18)22(29)25-13-11-17(12-14-25)23(30)33-26-19(27)9-10-20(26)28/h5-8,16-17,21,24H,4,9-14H2,1-3H3. The fraction of sp³-hybridized carbons (Fsp3) is 0.565. The number of nitrogens with zero attached hydrogens (tertiary/aromatic N) is 2. The van der Waals surface area contributed by atoms with E-state index in [0.717, 1.165) is 5.56 Å². The van der Waals surface area contributed by atoms with Gasteiger partial charge in [0.05, 0.1) is 10.8 Å². The van der Waals surface area contributed by atoms with Crippen molar-refractivity contribution in [1.29, 1.82) is 0 Å². The molecule has 2 saturated heterocycles. The summed E-state index contributed by atoms with van der Waals surface area (Å²) in [4.78, 5) is 55.7. The SMILES string of the molecule is CCC(C)C(NS(=O)(=O)c1ccc(C)cc1)C(=O)N1CCC(C(=O)ON2C(=O)CCC2=O)CC1. The Morgan fingerprint density at radius 2 is 1.65 bits per heavy atom. The van der Waals surface area contributed by atoms with E-state index in [2.05, 4.69) is 4.72 Å². The number of nitrogens with one attached hydrogen (secondary N) is 1. The van der Waals surface area contributed by atoms with E-state index >= 15 is 0 Å². The van der Waals surface area contributed by atoms with Gasteiger partial charge in [0.15, 0.2) is 0 Å². The maximum Gasteiger partial charge on any atom is 0.336 e. The molecule has 10 nitrogen and oxygen atoms in total. The molecule has 0 spiro atoms. The zero-order valence-corrected chi connectivity index (χ0v) is 20.5. The van der Waals surface area contributed by atoms with E-state index in [1.165, 1.54) is 12.1 Å². The minimum atomic E-state index is -3.90. The molecule has 2 fully saturated rings. The third-order valence-corrected chi connectivity index (χ3v) is 7.88. The molecule has 2 heterocycles. The lowest BCUT2D eigenvalue weighted by Gasteiger charge is -2.35. The van der Waals surface area contributed by atoms with Crippen LogP contribution in [-0.4, -0.2) is 61.2 Å². The zero-order chi connectivity index (χ0) is 25.0. The highest BCUT2D eigenvalue weighted by Crippen LogP contribution is 2.24. The van der Waals surface area contributed by atoms with E-state index in [0.29, 0.717) is 24.3 Å². The average Bonchev–Trinajstić information content (AvgIpc) is 3.14. The smallest absolute Gasteiger partial charge is 0.336 e. The van der Waals surface area contributed by atoms with Crippen LogP contribution in [0.15, 0.2) is 29.2 Å². The van der Waals surface area contributed by atoms with Gasteiger partial charge >= 0.3 is 5.97 Å². The number of amides is 3. The highest BCUT2D eigenvalue weighted by atomic mass is 32.2. The molecular formula is C23H31N3O7S. The van der Waals surface area contributed by atoms with E-state index in [4.69, 9.17) is 4.84 Å². The Kier molecular flexibility index (Phi) is 8.09. The summed E-state index contributed by atoms with van der Waals surface area (Å²) in [7, 11) is -3.90. The van der Waals surface area contributed by atoms with Crippen LogP contribution in [0, 0.1) is 18.8 Å². The van der Waals surface area contributed by atoms with E-state index < -0.39 is 39.8 Å². The van der Waals surface area contributed by atoms with Crippen LogP contribution in [-0.2, 0) is 34.0 Å². The maximum absolute atomic E-state index is 13.3. The number of hydrogen-bond acceptors (Lipinski definition) is 7. The molecule has 1 N–H and O–H groups in total. The van der Waals surface area contributed by atoms with Crippen LogP contribution in [0.2, 0.25) is 0 Å². The first-order valence-corrected chi connectivity index (χ1v) is 13.0. The minimum absolute atomic E-state index is 0.0224. The Hall–Kier alpha value is -2.79. The summed E-state index contributed by atoms with van der Waals surface area (Å²) in [6.07, 6.45) is 1.22. The molecule has 2 atom stereocenters. The van der Waals surface area contributed by atoms with Gasteiger partial charge < -0.3 is 9.74 Å². The number of piperidine rings is 1. The van der Waals surface area contributed by atoms with Gasteiger partial charge in [0.25, 0.3) is 11.8 Å². The topological polar surface area (TPSA) is 130 Å². The van der Waals surface area contributed by atoms with Crippen molar-refractivity contribution in [1.82, 2.24) is 14.7 Å². The van der Waals surface area contributed by atoms with E-state index in [9.17, 15) is 27.6 Å². The van der Waals surface area contributed by atoms with Gasteiger partial charge in [-0.2, -0.15) is 4.72 Å². The second kappa shape index (κ2) is 10.6. The molecule has 0 aromatic heterocycles. The number of hydroxylamine groups is 2. The normalized spacial score (nSPS) is 19.3. The van der Waals surface area contributed by atoms with E-state index in [1.54, 1.807) is 17.0 Å². The fourth-order valence-corrected chi connectivity index (χ4v) is 5.25. The summed E-state index contributed by atoms with van der Waals surface area (Å²) in [6, 6.07) is 5.45. The predicted molar refractivity (Wildman–Crippen MR) is 121 cm³/mol. The van der Waals surface area contributed by atoms with Crippen molar-refractivity contribution in [2.45, 2.75) is 63.8 Å². The fourth-order valence-electron chi connectivity index (χ4n) is 3.95. The molecule has 186 valence electrons. The molecule has 0 aliphatic carbocycles. The quantitative estimate of drug-likeness (QED) is 0.544. The van der Waals surface area contributed by atoms with Crippen LogP contribution in [0.25, 0.3) is 0 Å². The Morgan fingerprint density at radius 1 is 1.09 bits per heavy atom. The van der Waals surface area contributed by atoms with Gasteiger partial charge in [0, 0.05) is 25.9 Å². The van der Waals surface area contributed by atoms with Crippen LogP contribution in [0.1, 0.15) is 51.5 Å². The van der Waals surface area contributed by atoms with Crippen molar-refractivity contribution < 1.29 is 32.4 Å². The number of imide groups is 1. The Labute approximate surface area is 199 Å². The molecule has 0 radical (unpaired) electrons. The lowest BCUT2D eigenvalue weighted by molar-refractivity contribution is -0.201. The molecule has 34 heavy (non-hydrogen) atoms. The van der Waals surface area contributed by atoms with Crippen molar-refractivity contribution in [3.05, 3.63) is 29.8 Å². The number of benzene rings is 1. The first kappa shape index (κ1) is 25.8. The number of likely N-dealkylation sites (tertiary alicyclic amines) is 1. The largest absolute Gasteiger partial charge is 0.341 e. The van der Waals surface area contributed by atoms with Gasteiger partial charge in [0.1, 0.15) is 6.04 Å². The van der Waals surface area contributed by atoms with Crippen LogP contribution in [0.4, 0.5) is 0 Å². The van der Waals surface area contributed by atoms with Gasteiger partial charge in [0.2, 0.25) is 15.9 Å². The molecule has 11 heteroatoms. The molecule has 1 aromatic carbocycles. The monoisotopic (exact) mass is 493 g/mol. The third-order valence-electron chi connectivity index (χ3n) is 6.42. The van der Waals surface area contributed by atoms with Crippen LogP contribution in [0.3, 0.4) is 0 Å². The summed E-state index contributed by atoms with van der Waals surface area (Å²) in [5.41, 5.74) is 0.924. The van der Waals surface area contributed by atoms with E-state index in [1.807, 2.05) is 20.8 Å².